The van der Waals surface area contributed by atoms with Crippen LogP contribution in [0, 0.1) is 22.7 Å². The minimum absolute atomic E-state index is 0.0941. The van der Waals surface area contributed by atoms with Gasteiger partial charge in [-0.2, -0.15) is 10.5 Å². The van der Waals surface area contributed by atoms with Gasteiger partial charge in [0.25, 0.3) is 0 Å². The molecule has 0 saturated heterocycles. The molecule has 0 bridgehead atoms. The molecule has 0 aliphatic carbocycles. The number of fused-ring (bicyclic) bond motifs is 1. The van der Waals surface area contributed by atoms with E-state index in [4.69, 9.17) is 5.26 Å². The van der Waals surface area contributed by atoms with Crippen molar-refractivity contribution in [1.82, 2.24) is 5.32 Å². The van der Waals surface area contributed by atoms with Crippen LogP contribution in [0.15, 0.2) is 121 Å². The molecule has 0 spiro atoms. The molecule has 0 amide bonds. The standard InChI is InChI=1S/C35H31N3/c1-3-5-6-7-11-28(4-2)35(38-25-27-18-16-26(23-36)17-19-27)30-20-21-31(24-37)34(22-30)33-15-10-13-29-12-8-9-14-32(29)33/h4-22,35,38H,3,25H2,1-2H3/b6-5+,11-7-,28-4+. The van der Waals surface area contributed by atoms with Gasteiger partial charge in [0.2, 0.25) is 0 Å². The van der Waals surface area contributed by atoms with E-state index in [1.165, 1.54) is 0 Å². The summed E-state index contributed by atoms with van der Waals surface area (Å²) in [7, 11) is 0. The van der Waals surface area contributed by atoms with E-state index in [0.29, 0.717) is 17.7 Å². The monoisotopic (exact) mass is 493 g/mol. The van der Waals surface area contributed by atoms with Gasteiger partial charge in [0.1, 0.15) is 0 Å². The molecule has 4 aromatic carbocycles. The summed E-state index contributed by atoms with van der Waals surface area (Å²) in [6.07, 6.45) is 11.5. The van der Waals surface area contributed by atoms with Gasteiger partial charge in [-0.05, 0) is 70.6 Å². The van der Waals surface area contributed by atoms with Crippen molar-refractivity contribution in [2.24, 2.45) is 0 Å². The third-order valence-electron chi connectivity index (χ3n) is 6.61. The number of allylic oxidation sites excluding steroid dienone is 4. The Hall–Kier alpha value is -4.70. The summed E-state index contributed by atoms with van der Waals surface area (Å²) in [5.74, 6) is 0. The van der Waals surface area contributed by atoms with Gasteiger partial charge in [0.15, 0.2) is 0 Å². The van der Waals surface area contributed by atoms with E-state index in [0.717, 1.165) is 45.0 Å². The van der Waals surface area contributed by atoms with Crippen LogP contribution >= 0.6 is 0 Å². The van der Waals surface area contributed by atoms with Crippen LogP contribution in [0.4, 0.5) is 0 Å². The largest absolute Gasteiger partial charge is 0.302 e. The lowest BCUT2D eigenvalue weighted by Gasteiger charge is -2.22. The van der Waals surface area contributed by atoms with E-state index < -0.39 is 0 Å². The van der Waals surface area contributed by atoms with Gasteiger partial charge in [-0.1, -0.05) is 98.0 Å². The van der Waals surface area contributed by atoms with Gasteiger partial charge in [-0.25, -0.2) is 0 Å². The van der Waals surface area contributed by atoms with Crippen molar-refractivity contribution in [1.29, 1.82) is 10.5 Å². The highest BCUT2D eigenvalue weighted by Crippen LogP contribution is 2.34. The molecule has 0 heterocycles. The Morgan fingerprint density at radius 2 is 1.66 bits per heavy atom. The number of hydrogen-bond acceptors (Lipinski definition) is 3. The first-order valence-corrected chi connectivity index (χ1v) is 12.9. The maximum Gasteiger partial charge on any atom is 0.0998 e. The van der Waals surface area contributed by atoms with Crippen LogP contribution in [0.3, 0.4) is 0 Å². The highest BCUT2D eigenvalue weighted by Gasteiger charge is 2.18. The van der Waals surface area contributed by atoms with Crippen molar-refractivity contribution >= 4 is 10.8 Å². The third-order valence-corrected chi connectivity index (χ3v) is 6.61. The second kappa shape index (κ2) is 13.0. The molecule has 3 heteroatoms. The first-order chi connectivity index (χ1) is 18.7. The van der Waals surface area contributed by atoms with Crippen LogP contribution in [0.2, 0.25) is 0 Å². The summed E-state index contributed by atoms with van der Waals surface area (Å²) in [6, 6.07) is 32.8. The average molecular weight is 494 g/mol. The zero-order chi connectivity index (χ0) is 26.7. The molecule has 0 aliphatic rings. The Morgan fingerprint density at radius 1 is 0.868 bits per heavy atom. The Labute approximate surface area is 225 Å². The molecule has 1 N–H and O–H groups in total. The van der Waals surface area contributed by atoms with E-state index in [9.17, 15) is 5.26 Å². The van der Waals surface area contributed by atoms with Gasteiger partial charge in [-0.15, -0.1) is 0 Å². The highest BCUT2D eigenvalue weighted by atomic mass is 14.9. The zero-order valence-electron chi connectivity index (χ0n) is 21.9. The lowest BCUT2D eigenvalue weighted by molar-refractivity contribution is 0.603. The van der Waals surface area contributed by atoms with Gasteiger partial charge in [-0.3, -0.25) is 0 Å². The minimum Gasteiger partial charge on any atom is -0.302 e. The van der Waals surface area contributed by atoms with Crippen LogP contribution in [-0.4, -0.2) is 0 Å². The van der Waals surface area contributed by atoms with E-state index in [-0.39, 0.29) is 6.04 Å². The normalized spacial score (nSPS) is 12.6. The fraction of sp³-hybridized carbons (Fsp3) is 0.143. The molecule has 0 fully saturated rings. The van der Waals surface area contributed by atoms with Crippen LogP contribution < -0.4 is 5.32 Å². The molecular formula is C35H31N3. The molecule has 0 aromatic heterocycles. The van der Waals surface area contributed by atoms with Gasteiger partial charge in [0, 0.05) is 12.1 Å². The third kappa shape index (κ3) is 6.16. The molecule has 1 unspecified atom stereocenters. The molecule has 4 aromatic rings. The number of nitriles is 2. The van der Waals surface area contributed by atoms with Crippen molar-refractivity contribution in [2.75, 3.05) is 0 Å². The predicted molar refractivity (Wildman–Crippen MR) is 157 cm³/mol. The first-order valence-electron chi connectivity index (χ1n) is 12.9. The topological polar surface area (TPSA) is 59.6 Å². The second-order valence-corrected chi connectivity index (χ2v) is 9.05. The maximum atomic E-state index is 9.98. The zero-order valence-corrected chi connectivity index (χ0v) is 21.9. The summed E-state index contributed by atoms with van der Waals surface area (Å²) in [5, 5.41) is 25.1. The first kappa shape index (κ1) is 26.4. The van der Waals surface area contributed by atoms with Crippen molar-refractivity contribution < 1.29 is 0 Å². The number of hydrogen-bond donors (Lipinski definition) is 1. The van der Waals surface area contributed by atoms with E-state index in [1.54, 1.807) is 0 Å². The second-order valence-electron chi connectivity index (χ2n) is 9.05. The van der Waals surface area contributed by atoms with Crippen molar-refractivity contribution in [2.45, 2.75) is 32.9 Å². The molecule has 0 aliphatic heterocycles. The molecule has 38 heavy (non-hydrogen) atoms. The summed E-state index contributed by atoms with van der Waals surface area (Å²) in [5.41, 5.74) is 6.59. The SMILES string of the molecule is C\C=C(/C=C\C=C\CC)C(NCc1ccc(C#N)cc1)c1ccc(C#N)c(-c2cccc3ccccc23)c1. The number of nitrogens with zero attached hydrogens (tertiary/aromatic N) is 2. The van der Waals surface area contributed by atoms with Gasteiger partial charge < -0.3 is 5.32 Å². The van der Waals surface area contributed by atoms with Gasteiger partial charge >= 0.3 is 0 Å². The molecule has 3 nitrogen and oxygen atoms in total. The maximum absolute atomic E-state index is 9.98. The molecule has 186 valence electrons. The van der Waals surface area contributed by atoms with E-state index >= 15 is 0 Å². The summed E-state index contributed by atoms with van der Waals surface area (Å²) >= 11 is 0. The Balaban J connectivity index is 1.78. The van der Waals surface area contributed by atoms with Crippen LogP contribution in [-0.2, 0) is 6.54 Å². The summed E-state index contributed by atoms with van der Waals surface area (Å²) in [6.45, 7) is 4.80. The van der Waals surface area contributed by atoms with E-state index in [2.05, 4.69) is 92.0 Å². The molecule has 1 atom stereocenters. The number of rotatable bonds is 9. The Kier molecular flexibility index (Phi) is 9.03. The van der Waals surface area contributed by atoms with Gasteiger partial charge in [0.05, 0.1) is 29.3 Å². The van der Waals surface area contributed by atoms with E-state index in [1.807, 2.05) is 54.6 Å². The van der Waals surface area contributed by atoms with Crippen LogP contribution in [0.25, 0.3) is 21.9 Å². The van der Waals surface area contributed by atoms with Crippen molar-refractivity contribution in [3.8, 4) is 23.3 Å². The molecule has 0 saturated carbocycles. The van der Waals surface area contributed by atoms with Crippen LogP contribution in [0.1, 0.15) is 48.6 Å². The quantitative estimate of drug-likeness (QED) is 0.238. The van der Waals surface area contributed by atoms with Crippen LogP contribution in [0.5, 0.6) is 0 Å². The lowest BCUT2D eigenvalue weighted by atomic mass is 9.90. The fourth-order valence-corrected chi connectivity index (χ4v) is 4.61. The minimum atomic E-state index is -0.0941. The Morgan fingerprint density at radius 3 is 2.39 bits per heavy atom. The Bertz CT molecular complexity index is 1570. The molecular weight excluding hydrogens is 462 g/mol. The smallest absolute Gasteiger partial charge is 0.0998 e. The highest BCUT2D eigenvalue weighted by molar-refractivity contribution is 5.97. The summed E-state index contributed by atoms with van der Waals surface area (Å²) < 4.78 is 0. The number of benzene rings is 4. The van der Waals surface area contributed by atoms with Crippen molar-refractivity contribution in [3.05, 3.63) is 143 Å². The fourth-order valence-electron chi connectivity index (χ4n) is 4.61. The lowest BCUT2D eigenvalue weighted by Crippen LogP contribution is -2.22. The predicted octanol–water partition coefficient (Wildman–Crippen LogP) is 8.55. The molecule has 4 rings (SSSR count). The molecule has 0 radical (unpaired) electrons. The number of nitrogens with one attached hydrogen (secondary N) is 1. The van der Waals surface area contributed by atoms with Crippen molar-refractivity contribution in [3.63, 3.8) is 0 Å². The average Bonchev–Trinajstić information content (AvgIpc) is 2.98. The summed E-state index contributed by atoms with van der Waals surface area (Å²) in [4.78, 5) is 0.